The Balaban J connectivity index is 1.47. The van der Waals surface area contributed by atoms with Gasteiger partial charge in [0.25, 0.3) is 0 Å². The summed E-state index contributed by atoms with van der Waals surface area (Å²) < 4.78 is 0. The van der Waals surface area contributed by atoms with Crippen molar-refractivity contribution in [3.63, 3.8) is 0 Å². The third-order valence-electron chi connectivity index (χ3n) is 10.3. The summed E-state index contributed by atoms with van der Waals surface area (Å²) in [5.41, 5.74) is 1.95. The van der Waals surface area contributed by atoms with Gasteiger partial charge >= 0.3 is 0 Å². The van der Waals surface area contributed by atoms with Crippen LogP contribution >= 0.6 is 0 Å². The van der Waals surface area contributed by atoms with E-state index in [2.05, 4.69) is 26.8 Å². The molecule has 4 aliphatic rings. The molecule has 2 unspecified atom stereocenters. The Labute approximate surface area is 179 Å². The normalized spacial score (nSPS) is 45.8. The second-order valence-electron chi connectivity index (χ2n) is 12.6. The van der Waals surface area contributed by atoms with E-state index in [1.54, 1.807) is 5.57 Å². The topological polar surface area (TPSA) is 40.5 Å². The molecule has 2 N–H and O–H groups in total. The minimum absolute atomic E-state index is 0.0969. The molecule has 0 aromatic heterocycles. The van der Waals surface area contributed by atoms with Gasteiger partial charge in [-0.05, 0) is 112 Å². The van der Waals surface area contributed by atoms with E-state index in [0.717, 1.165) is 55.3 Å². The van der Waals surface area contributed by atoms with E-state index < -0.39 is 5.60 Å². The van der Waals surface area contributed by atoms with Gasteiger partial charge < -0.3 is 10.2 Å². The van der Waals surface area contributed by atoms with Gasteiger partial charge in [-0.2, -0.15) is 0 Å². The van der Waals surface area contributed by atoms with E-state index in [0.29, 0.717) is 10.8 Å². The van der Waals surface area contributed by atoms with Crippen molar-refractivity contribution in [2.45, 2.75) is 117 Å². The molecule has 0 amide bonds. The molecule has 0 saturated heterocycles. The second kappa shape index (κ2) is 7.66. The summed E-state index contributed by atoms with van der Waals surface area (Å²) in [6, 6.07) is 0. The molecule has 2 heteroatoms. The van der Waals surface area contributed by atoms with Crippen LogP contribution in [-0.4, -0.2) is 21.9 Å². The molecule has 3 fully saturated rings. The fraction of sp³-hybridized carbons (Fsp3) is 0.926. The Morgan fingerprint density at radius 3 is 2.59 bits per heavy atom. The zero-order valence-electron chi connectivity index (χ0n) is 19.7. The third-order valence-corrected chi connectivity index (χ3v) is 10.3. The molecule has 0 aromatic rings. The highest BCUT2D eigenvalue weighted by atomic mass is 16.3. The van der Waals surface area contributed by atoms with Gasteiger partial charge in [-0.25, -0.2) is 0 Å². The molecule has 0 aliphatic heterocycles. The van der Waals surface area contributed by atoms with E-state index in [4.69, 9.17) is 0 Å². The first kappa shape index (κ1) is 21.9. The highest BCUT2D eigenvalue weighted by Crippen LogP contribution is 2.67. The summed E-state index contributed by atoms with van der Waals surface area (Å²) in [4.78, 5) is 0. The second-order valence-corrected chi connectivity index (χ2v) is 12.6. The number of aliphatic hydroxyl groups excluding tert-OH is 1. The van der Waals surface area contributed by atoms with E-state index >= 15 is 0 Å². The van der Waals surface area contributed by atoms with E-state index in [1.807, 2.05) is 13.8 Å². The van der Waals surface area contributed by atoms with Gasteiger partial charge in [0.15, 0.2) is 0 Å². The first-order valence-corrected chi connectivity index (χ1v) is 12.6. The molecule has 0 heterocycles. The van der Waals surface area contributed by atoms with Crippen LogP contribution in [0.5, 0.6) is 0 Å². The van der Waals surface area contributed by atoms with E-state index in [-0.39, 0.29) is 6.10 Å². The molecule has 2 nitrogen and oxygen atoms in total. The van der Waals surface area contributed by atoms with Gasteiger partial charge in [-0.1, -0.05) is 45.3 Å². The van der Waals surface area contributed by atoms with E-state index in [1.165, 1.54) is 44.9 Å². The van der Waals surface area contributed by atoms with Crippen LogP contribution in [0, 0.1) is 40.4 Å². The number of allylic oxidation sites excluding steroid dienone is 1. The van der Waals surface area contributed by atoms with Crippen molar-refractivity contribution in [3.05, 3.63) is 11.6 Å². The zero-order chi connectivity index (χ0) is 21.0. The molecule has 4 rings (SSSR count). The van der Waals surface area contributed by atoms with E-state index in [9.17, 15) is 10.2 Å². The molecule has 0 spiro atoms. The van der Waals surface area contributed by atoms with Crippen molar-refractivity contribution in [2.75, 3.05) is 0 Å². The molecule has 4 aliphatic carbocycles. The Hall–Kier alpha value is -0.340. The molecule has 0 bridgehead atoms. The monoisotopic (exact) mass is 402 g/mol. The fourth-order valence-electron chi connectivity index (χ4n) is 8.67. The highest BCUT2D eigenvalue weighted by molar-refractivity contribution is 5.25. The molecular formula is C27H46O2. The summed E-state index contributed by atoms with van der Waals surface area (Å²) in [6.45, 7) is 11.6. The molecule has 0 radical (unpaired) electrons. The molecule has 166 valence electrons. The number of hydrogen-bond donors (Lipinski definition) is 2. The Kier molecular flexibility index (Phi) is 5.78. The molecular weight excluding hydrogens is 356 g/mol. The SMILES string of the molecule is CC(CCCC(C)(C)O)[C@H]1CC[C@H]2[C@@H]3CC=C4CC(O)CC[C@]4(C)[C@H]3CC[C@]12C. The van der Waals surface area contributed by atoms with Crippen LogP contribution in [0.2, 0.25) is 0 Å². The predicted molar refractivity (Wildman–Crippen MR) is 121 cm³/mol. The first-order valence-electron chi connectivity index (χ1n) is 12.6. The van der Waals surface area contributed by atoms with Gasteiger partial charge in [-0.15, -0.1) is 0 Å². The Bertz CT molecular complexity index is 631. The van der Waals surface area contributed by atoms with Crippen LogP contribution in [0.4, 0.5) is 0 Å². The fourth-order valence-corrected chi connectivity index (χ4v) is 8.67. The summed E-state index contributed by atoms with van der Waals surface area (Å²) in [6.07, 6.45) is 15.9. The van der Waals surface area contributed by atoms with Crippen molar-refractivity contribution < 1.29 is 10.2 Å². The van der Waals surface area contributed by atoms with Gasteiger partial charge in [0.05, 0.1) is 11.7 Å². The maximum atomic E-state index is 10.2. The van der Waals surface area contributed by atoms with Crippen LogP contribution in [0.3, 0.4) is 0 Å². The summed E-state index contributed by atoms with van der Waals surface area (Å²) in [5, 5.41) is 20.3. The predicted octanol–water partition coefficient (Wildman–Crippen LogP) is 6.50. The third kappa shape index (κ3) is 3.86. The minimum Gasteiger partial charge on any atom is -0.393 e. The molecule has 3 saturated carbocycles. The average Bonchev–Trinajstić information content (AvgIpc) is 2.98. The van der Waals surface area contributed by atoms with Crippen LogP contribution in [-0.2, 0) is 0 Å². The van der Waals surface area contributed by atoms with Crippen LogP contribution < -0.4 is 0 Å². The maximum absolute atomic E-state index is 10.2. The maximum Gasteiger partial charge on any atom is 0.0591 e. The quantitative estimate of drug-likeness (QED) is 0.515. The van der Waals surface area contributed by atoms with Crippen LogP contribution in [0.25, 0.3) is 0 Å². The molecule has 8 atom stereocenters. The van der Waals surface area contributed by atoms with Crippen molar-refractivity contribution in [3.8, 4) is 0 Å². The minimum atomic E-state index is -0.519. The van der Waals surface area contributed by atoms with Gasteiger partial charge in [-0.3, -0.25) is 0 Å². The van der Waals surface area contributed by atoms with Crippen LogP contribution in [0.15, 0.2) is 11.6 Å². The zero-order valence-corrected chi connectivity index (χ0v) is 19.7. The van der Waals surface area contributed by atoms with Crippen molar-refractivity contribution in [2.24, 2.45) is 40.4 Å². The largest absolute Gasteiger partial charge is 0.393 e. The van der Waals surface area contributed by atoms with Crippen molar-refractivity contribution in [1.29, 1.82) is 0 Å². The number of hydrogen-bond acceptors (Lipinski definition) is 2. The summed E-state index contributed by atoms with van der Waals surface area (Å²) >= 11 is 0. The van der Waals surface area contributed by atoms with Crippen molar-refractivity contribution >= 4 is 0 Å². The van der Waals surface area contributed by atoms with Crippen LogP contribution in [0.1, 0.15) is 105 Å². The Morgan fingerprint density at radius 1 is 1.10 bits per heavy atom. The summed E-state index contributed by atoms with van der Waals surface area (Å²) in [7, 11) is 0. The number of aliphatic hydroxyl groups is 2. The smallest absolute Gasteiger partial charge is 0.0591 e. The highest BCUT2D eigenvalue weighted by Gasteiger charge is 2.59. The van der Waals surface area contributed by atoms with Gasteiger partial charge in [0.2, 0.25) is 0 Å². The molecule has 0 aromatic carbocycles. The first-order chi connectivity index (χ1) is 13.5. The number of fused-ring (bicyclic) bond motifs is 5. The van der Waals surface area contributed by atoms with Crippen molar-refractivity contribution in [1.82, 2.24) is 0 Å². The molecule has 29 heavy (non-hydrogen) atoms. The Morgan fingerprint density at radius 2 is 1.86 bits per heavy atom. The van der Waals surface area contributed by atoms with Gasteiger partial charge in [0, 0.05) is 0 Å². The average molecular weight is 403 g/mol. The lowest BCUT2D eigenvalue weighted by Crippen LogP contribution is -2.50. The summed E-state index contributed by atoms with van der Waals surface area (Å²) in [5.74, 6) is 4.24. The number of rotatable bonds is 5. The standard InChI is InChI=1S/C27H46O2/c1-18(7-6-14-25(2,3)29)22-10-11-23-21-9-8-19-17-20(28)12-15-26(19,4)24(21)13-16-27(22,23)5/h8,18,20-24,28-29H,6-7,9-17H2,1-5H3/t18?,20?,21-,22+,23-,24-,26-,27+/m0/s1. The lowest BCUT2D eigenvalue weighted by molar-refractivity contribution is -0.0575. The lowest BCUT2D eigenvalue weighted by Gasteiger charge is -2.58. The lowest BCUT2D eigenvalue weighted by atomic mass is 9.47. The van der Waals surface area contributed by atoms with Gasteiger partial charge in [0.1, 0.15) is 0 Å².